The topological polar surface area (TPSA) is 190 Å². The largest absolute Gasteiger partial charge is 0.480 e. The molecule has 1 aliphatic rings. The zero-order valence-corrected chi connectivity index (χ0v) is 23.3. The Hall–Kier alpha value is -3.42. The number of amides is 1. The predicted molar refractivity (Wildman–Crippen MR) is 131 cm³/mol. The highest BCUT2D eigenvalue weighted by molar-refractivity contribution is 5.80. The summed E-state index contributed by atoms with van der Waals surface area (Å²) >= 11 is 0. The summed E-state index contributed by atoms with van der Waals surface area (Å²) in [5, 5.41) is 11.8. The number of alkyl carbamates (subject to hydrolysis) is 1. The van der Waals surface area contributed by atoms with E-state index < -0.39 is 78.1 Å². The maximum atomic E-state index is 12.0. The molecule has 0 aromatic carbocycles. The molecule has 1 saturated heterocycles. The van der Waals surface area contributed by atoms with Crippen molar-refractivity contribution >= 4 is 35.9 Å². The molecule has 1 aliphatic heterocycles. The summed E-state index contributed by atoms with van der Waals surface area (Å²) in [6.07, 6.45) is -5.62. The molecule has 222 valence electrons. The van der Waals surface area contributed by atoms with Gasteiger partial charge in [-0.2, -0.15) is 0 Å². The second-order valence-corrected chi connectivity index (χ2v) is 10.1. The molecule has 39 heavy (non-hydrogen) atoms. The lowest BCUT2D eigenvalue weighted by Crippen LogP contribution is -2.62. The van der Waals surface area contributed by atoms with Crippen LogP contribution in [0.3, 0.4) is 0 Å². The van der Waals surface area contributed by atoms with Crippen LogP contribution in [0.2, 0.25) is 0 Å². The number of unbranched alkanes of at least 4 members (excludes halogenated alkanes) is 1. The maximum Gasteiger partial charge on any atom is 0.408 e. The molecule has 2 N–H and O–H groups in total. The van der Waals surface area contributed by atoms with Crippen LogP contribution in [0.4, 0.5) is 4.79 Å². The third-order valence-electron chi connectivity index (χ3n) is 5.31. The van der Waals surface area contributed by atoms with Crippen molar-refractivity contribution in [1.29, 1.82) is 0 Å². The molecule has 1 fully saturated rings. The second kappa shape index (κ2) is 15.2. The number of carbonyl (C=O) groups excluding carboxylic acids is 5. The fraction of sp³-hybridized carbons (Fsp3) is 0.760. The van der Waals surface area contributed by atoms with Gasteiger partial charge in [0.15, 0.2) is 18.3 Å². The Labute approximate surface area is 226 Å². The molecule has 1 rings (SSSR count). The minimum atomic E-state index is -1.27. The first-order valence-corrected chi connectivity index (χ1v) is 12.5. The molecule has 0 saturated carbocycles. The van der Waals surface area contributed by atoms with Crippen LogP contribution in [-0.2, 0) is 52.4 Å². The van der Waals surface area contributed by atoms with E-state index in [0.29, 0.717) is 12.8 Å². The fourth-order valence-electron chi connectivity index (χ4n) is 3.95. The minimum Gasteiger partial charge on any atom is -0.480 e. The van der Waals surface area contributed by atoms with E-state index >= 15 is 0 Å². The third-order valence-corrected chi connectivity index (χ3v) is 5.31. The Kier molecular flexibility index (Phi) is 13.1. The van der Waals surface area contributed by atoms with Crippen molar-refractivity contribution < 1.29 is 62.3 Å². The first kappa shape index (κ1) is 33.6. The van der Waals surface area contributed by atoms with E-state index in [4.69, 9.17) is 28.4 Å². The molecule has 1 heterocycles. The SMILES string of the molecule is CC(=O)OC[C@H]1O[C@@H](CCCC[C@H](NC(=O)OC(C)(C)C)C(=O)O)[C@H](OC(C)=O)[C@@H](OC(C)=O)[C@@H]1OC(C)=O. The van der Waals surface area contributed by atoms with Gasteiger partial charge in [0.2, 0.25) is 0 Å². The summed E-state index contributed by atoms with van der Waals surface area (Å²) in [5.74, 6) is -4.05. The summed E-state index contributed by atoms with van der Waals surface area (Å²) in [5.41, 5.74) is -0.803. The lowest BCUT2D eigenvalue weighted by atomic mass is 9.91. The maximum absolute atomic E-state index is 12.0. The van der Waals surface area contributed by atoms with Crippen LogP contribution < -0.4 is 5.32 Å². The fourth-order valence-corrected chi connectivity index (χ4v) is 3.95. The van der Waals surface area contributed by atoms with E-state index in [9.17, 15) is 33.9 Å². The van der Waals surface area contributed by atoms with Gasteiger partial charge in [0.05, 0.1) is 6.10 Å². The van der Waals surface area contributed by atoms with Gasteiger partial charge in [-0.25, -0.2) is 9.59 Å². The normalized spacial score (nSPS) is 23.5. The molecule has 1 amide bonds. The first-order chi connectivity index (χ1) is 18.0. The standard InChI is InChI=1S/C25H39NO13/c1-13(27)34-12-19-21(36-15(3)29)22(37-16(4)30)20(35-14(2)28)18(38-19)11-9-8-10-17(23(31)32)26-24(33)39-25(5,6)7/h17-22H,8-12H2,1-7H3,(H,26,33)(H,31,32)/t17-,18-,19+,20-,21+,22+/m0/s1. The number of rotatable bonds is 12. The molecule has 0 spiro atoms. The number of nitrogens with one attached hydrogen (secondary N) is 1. The zero-order valence-electron chi connectivity index (χ0n) is 23.3. The Balaban J connectivity index is 3.05. The quantitative estimate of drug-likeness (QED) is 0.199. The van der Waals surface area contributed by atoms with Crippen LogP contribution in [0.15, 0.2) is 0 Å². The number of esters is 4. The Bertz CT molecular complexity index is 897. The van der Waals surface area contributed by atoms with Crippen LogP contribution in [-0.4, -0.2) is 89.8 Å². The first-order valence-electron chi connectivity index (χ1n) is 12.5. The molecule has 0 radical (unpaired) electrons. The molecule has 14 heteroatoms. The number of ether oxygens (including phenoxy) is 6. The average molecular weight is 562 g/mol. The molecule has 0 unspecified atom stereocenters. The van der Waals surface area contributed by atoms with E-state index in [0.717, 1.165) is 20.8 Å². The Morgan fingerprint density at radius 1 is 0.795 bits per heavy atom. The van der Waals surface area contributed by atoms with Crippen molar-refractivity contribution in [2.24, 2.45) is 0 Å². The predicted octanol–water partition coefficient (Wildman–Crippen LogP) is 1.65. The van der Waals surface area contributed by atoms with Crippen LogP contribution >= 0.6 is 0 Å². The lowest BCUT2D eigenvalue weighted by Gasteiger charge is -2.44. The van der Waals surface area contributed by atoms with Crippen molar-refractivity contribution in [1.82, 2.24) is 5.32 Å². The minimum absolute atomic E-state index is 0.0554. The number of carboxylic acid groups (broad SMARTS) is 1. The molecular weight excluding hydrogens is 522 g/mol. The van der Waals surface area contributed by atoms with E-state index in [1.165, 1.54) is 6.92 Å². The Morgan fingerprint density at radius 2 is 1.31 bits per heavy atom. The monoisotopic (exact) mass is 561 g/mol. The van der Waals surface area contributed by atoms with Gasteiger partial charge in [-0.15, -0.1) is 0 Å². The van der Waals surface area contributed by atoms with Crippen molar-refractivity contribution in [2.45, 2.75) is 116 Å². The summed E-state index contributed by atoms with van der Waals surface area (Å²) in [6, 6.07) is -1.21. The second-order valence-electron chi connectivity index (χ2n) is 10.1. The molecule has 14 nitrogen and oxygen atoms in total. The van der Waals surface area contributed by atoms with Crippen LogP contribution in [0, 0.1) is 0 Å². The van der Waals surface area contributed by atoms with Gasteiger partial charge in [0.25, 0.3) is 0 Å². The molecular formula is C25H39NO13. The molecule has 0 aromatic heterocycles. The highest BCUT2D eigenvalue weighted by Gasteiger charge is 2.51. The molecule has 0 aliphatic carbocycles. The number of aliphatic carboxylic acids is 1. The van der Waals surface area contributed by atoms with Gasteiger partial charge < -0.3 is 38.8 Å². The lowest BCUT2D eigenvalue weighted by molar-refractivity contribution is -0.253. The molecule has 0 aromatic rings. The smallest absolute Gasteiger partial charge is 0.408 e. The number of carboxylic acids is 1. The van der Waals surface area contributed by atoms with Gasteiger partial charge in [0.1, 0.15) is 24.4 Å². The van der Waals surface area contributed by atoms with Crippen molar-refractivity contribution in [2.75, 3.05) is 6.61 Å². The van der Waals surface area contributed by atoms with Crippen LogP contribution in [0.25, 0.3) is 0 Å². The molecule has 6 atom stereocenters. The van der Waals surface area contributed by atoms with E-state index in [2.05, 4.69) is 5.32 Å². The van der Waals surface area contributed by atoms with Crippen molar-refractivity contribution in [3.05, 3.63) is 0 Å². The van der Waals surface area contributed by atoms with Crippen LogP contribution in [0.5, 0.6) is 0 Å². The van der Waals surface area contributed by atoms with E-state index in [-0.39, 0.29) is 19.4 Å². The summed E-state index contributed by atoms with van der Waals surface area (Å²) in [6.45, 7) is 9.19. The summed E-state index contributed by atoms with van der Waals surface area (Å²) in [4.78, 5) is 70.6. The van der Waals surface area contributed by atoms with E-state index in [1.54, 1.807) is 20.8 Å². The van der Waals surface area contributed by atoms with Gasteiger partial charge in [-0.1, -0.05) is 12.8 Å². The van der Waals surface area contributed by atoms with E-state index in [1.807, 2.05) is 0 Å². The van der Waals surface area contributed by atoms with Crippen molar-refractivity contribution in [3.63, 3.8) is 0 Å². The highest BCUT2D eigenvalue weighted by atomic mass is 16.7. The van der Waals surface area contributed by atoms with Gasteiger partial charge in [-0.3, -0.25) is 19.2 Å². The number of hydrogen-bond acceptors (Lipinski definition) is 12. The third kappa shape index (κ3) is 12.8. The van der Waals surface area contributed by atoms with Gasteiger partial charge >= 0.3 is 35.9 Å². The molecule has 0 bridgehead atoms. The average Bonchev–Trinajstić information content (AvgIpc) is 2.75. The Morgan fingerprint density at radius 3 is 1.77 bits per heavy atom. The van der Waals surface area contributed by atoms with Gasteiger partial charge in [-0.05, 0) is 33.6 Å². The summed E-state index contributed by atoms with van der Waals surface area (Å²) in [7, 11) is 0. The van der Waals surface area contributed by atoms with Crippen molar-refractivity contribution in [3.8, 4) is 0 Å². The number of carbonyl (C=O) groups is 6. The number of hydrogen-bond donors (Lipinski definition) is 2. The zero-order chi connectivity index (χ0) is 29.9. The summed E-state index contributed by atoms with van der Waals surface area (Å²) < 4.78 is 32.3. The van der Waals surface area contributed by atoms with Gasteiger partial charge in [0, 0.05) is 27.7 Å². The van der Waals surface area contributed by atoms with Crippen LogP contribution in [0.1, 0.15) is 74.1 Å². The highest BCUT2D eigenvalue weighted by Crippen LogP contribution is 2.31.